The molecule has 6 nitrogen and oxygen atoms in total. The molecule has 0 saturated heterocycles. The zero-order valence-electron chi connectivity index (χ0n) is 20.1. The second kappa shape index (κ2) is 8.33. The molecule has 2 heterocycles. The molecule has 0 amide bonds. The molecule has 6 heteroatoms. The van der Waals surface area contributed by atoms with E-state index in [0.29, 0.717) is 34.7 Å². The Balaban J connectivity index is 1.74. The molecule has 36 heavy (non-hydrogen) atoms. The van der Waals surface area contributed by atoms with E-state index in [1.807, 2.05) is 48.0 Å². The number of hydrogen-bond donors (Lipinski definition) is 1. The number of aromatic nitrogens is 3. The van der Waals surface area contributed by atoms with Crippen molar-refractivity contribution in [1.29, 1.82) is 5.26 Å². The largest absolute Gasteiger partial charge is 0.481 e. The molecular formula is C30H24N4O2. The predicted molar refractivity (Wildman–Crippen MR) is 138 cm³/mol. The van der Waals surface area contributed by atoms with Gasteiger partial charge in [0.1, 0.15) is 0 Å². The van der Waals surface area contributed by atoms with Crippen LogP contribution in [0.2, 0.25) is 0 Å². The van der Waals surface area contributed by atoms with Gasteiger partial charge in [-0.3, -0.25) is 0 Å². The van der Waals surface area contributed by atoms with E-state index in [9.17, 15) is 10.4 Å². The highest BCUT2D eigenvalue weighted by molar-refractivity contribution is 5.96. The van der Waals surface area contributed by atoms with Crippen LogP contribution >= 0.6 is 0 Å². The minimum absolute atomic E-state index is 0.534. The quantitative estimate of drug-likeness (QED) is 0.395. The Bertz CT molecular complexity index is 1680. The summed E-state index contributed by atoms with van der Waals surface area (Å²) < 4.78 is 7.35. The van der Waals surface area contributed by atoms with E-state index < -0.39 is 5.60 Å². The summed E-state index contributed by atoms with van der Waals surface area (Å²) in [5.74, 6) is 0.534. The normalized spacial score (nSPS) is 16.6. The predicted octanol–water partition coefficient (Wildman–Crippen LogP) is 4.90. The summed E-state index contributed by atoms with van der Waals surface area (Å²) in [5.41, 5.74) is 6.02. The molecule has 6 bridgehead atoms. The fourth-order valence-electron chi connectivity index (χ4n) is 5.25. The summed E-state index contributed by atoms with van der Waals surface area (Å²) in [6.07, 6.45) is 4.81. The van der Waals surface area contributed by atoms with Crippen molar-refractivity contribution in [2.45, 2.75) is 18.4 Å². The third-order valence-electron chi connectivity index (χ3n) is 7.16. The number of rotatable bonds is 2. The number of hydrogen-bond acceptors (Lipinski definition) is 5. The number of aliphatic hydroxyl groups is 1. The fourth-order valence-corrected chi connectivity index (χ4v) is 5.25. The Kier molecular flexibility index (Phi) is 5.10. The summed E-state index contributed by atoms with van der Waals surface area (Å²) >= 11 is 0. The van der Waals surface area contributed by atoms with Crippen molar-refractivity contribution in [3.05, 3.63) is 113 Å². The number of methoxy groups -OCH3 is 1. The molecule has 0 spiro atoms. The van der Waals surface area contributed by atoms with Gasteiger partial charge in [0.25, 0.3) is 0 Å². The van der Waals surface area contributed by atoms with Crippen LogP contribution in [0, 0.1) is 11.3 Å². The smallest absolute Gasteiger partial charge is 0.214 e. The highest BCUT2D eigenvalue weighted by Crippen LogP contribution is 2.41. The van der Waals surface area contributed by atoms with Crippen molar-refractivity contribution in [2.24, 2.45) is 7.05 Å². The number of nitriles is 1. The van der Waals surface area contributed by atoms with Gasteiger partial charge in [-0.05, 0) is 64.4 Å². The molecule has 1 atom stereocenters. The molecule has 0 saturated carbocycles. The molecular weight excluding hydrogens is 448 g/mol. The highest BCUT2D eigenvalue weighted by Gasteiger charge is 2.37. The number of nitrogens with zero attached hydrogens (tertiary/aromatic N) is 4. The van der Waals surface area contributed by atoms with Crippen molar-refractivity contribution >= 4 is 10.9 Å². The van der Waals surface area contributed by atoms with E-state index in [-0.39, 0.29) is 0 Å². The van der Waals surface area contributed by atoms with E-state index in [1.165, 1.54) is 5.56 Å². The summed E-state index contributed by atoms with van der Waals surface area (Å²) in [6, 6.07) is 24.1. The zero-order valence-corrected chi connectivity index (χ0v) is 20.1. The Morgan fingerprint density at radius 1 is 1.03 bits per heavy atom. The number of fused-ring (bicyclic) bond motifs is 6. The minimum atomic E-state index is -1.49. The lowest BCUT2D eigenvalue weighted by Gasteiger charge is -2.30. The molecule has 176 valence electrons. The lowest BCUT2D eigenvalue weighted by molar-refractivity contribution is 0.117. The number of benzene rings is 3. The molecule has 5 aromatic rings. The Hall–Kier alpha value is -4.47. The Labute approximate surface area is 209 Å². The maximum Gasteiger partial charge on any atom is 0.214 e. The first kappa shape index (κ1) is 22.0. The van der Waals surface area contributed by atoms with Gasteiger partial charge in [0, 0.05) is 18.5 Å². The first-order valence-electron chi connectivity index (χ1n) is 11.8. The first-order chi connectivity index (χ1) is 17.5. The van der Waals surface area contributed by atoms with Crippen molar-refractivity contribution < 1.29 is 9.84 Å². The molecule has 3 aromatic carbocycles. The zero-order chi connectivity index (χ0) is 24.9. The van der Waals surface area contributed by atoms with E-state index in [0.717, 1.165) is 34.0 Å². The third kappa shape index (κ3) is 3.36. The summed E-state index contributed by atoms with van der Waals surface area (Å²) in [7, 11) is 3.49. The topological polar surface area (TPSA) is 84.0 Å². The van der Waals surface area contributed by atoms with E-state index in [1.54, 1.807) is 25.7 Å². The van der Waals surface area contributed by atoms with Crippen LogP contribution in [-0.4, -0.2) is 26.8 Å². The molecule has 2 aromatic heterocycles. The molecule has 0 fully saturated rings. The lowest BCUT2D eigenvalue weighted by atomic mass is 9.81. The molecule has 0 aliphatic heterocycles. The number of ether oxygens (including phenoxy) is 1. The molecule has 1 N–H and O–H groups in total. The van der Waals surface area contributed by atoms with Crippen LogP contribution in [0.25, 0.3) is 22.0 Å². The number of pyridine rings is 1. The van der Waals surface area contributed by atoms with Gasteiger partial charge in [0.2, 0.25) is 5.88 Å². The van der Waals surface area contributed by atoms with Gasteiger partial charge in [-0.1, -0.05) is 42.5 Å². The monoisotopic (exact) mass is 472 g/mol. The van der Waals surface area contributed by atoms with Gasteiger partial charge in [0.05, 0.1) is 42.5 Å². The van der Waals surface area contributed by atoms with Crippen LogP contribution in [0.15, 0.2) is 79.3 Å². The molecule has 0 radical (unpaired) electrons. The van der Waals surface area contributed by atoms with Crippen LogP contribution in [0.1, 0.15) is 33.5 Å². The van der Waals surface area contributed by atoms with Gasteiger partial charge in [-0.15, -0.1) is 0 Å². The van der Waals surface area contributed by atoms with Crippen LogP contribution in [0.5, 0.6) is 5.88 Å². The van der Waals surface area contributed by atoms with Crippen molar-refractivity contribution in [1.82, 2.24) is 14.5 Å². The van der Waals surface area contributed by atoms with Gasteiger partial charge >= 0.3 is 0 Å². The summed E-state index contributed by atoms with van der Waals surface area (Å²) in [5, 5.41) is 23.3. The fraction of sp³-hybridized carbons (Fsp3) is 0.167. The summed E-state index contributed by atoms with van der Waals surface area (Å²) in [6.45, 7) is 0. The maximum absolute atomic E-state index is 12.5. The number of aryl methyl sites for hydroxylation is 3. The van der Waals surface area contributed by atoms with Crippen LogP contribution < -0.4 is 4.74 Å². The van der Waals surface area contributed by atoms with Crippen LogP contribution in [0.4, 0.5) is 0 Å². The Morgan fingerprint density at radius 2 is 1.86 bits per heavy atom. The second-order valence-electron chi connectivity index (χ2n) is 9.23. The van der Waals surface area contributed by atoms with E-state index in [2.05, 4.69) is 40.3 Å². The van der Waals surface area contributed by atoms with Crippen LogP contribution in [0.3, 0.4) is 0 Å². The SMILES string of the molecule is COc1cc2c3cc(ccc3n1)C(O)(c1cncn1C)c1ccc(C#N)c(c1)CCc1cccc-2c1. The number of imidazole rings is 1. The minimum Gasteiger partial charge on any atom is -0.481 e. The van der Waals surface area contributed by atoms with E-state index in [4.69, 9.17) is 4.74 Å². The van der Waals surface area contributed by atoms with Crippen LogP contribution in [-0.2, 0) is 25.5 Å². The lowest BCUT2D eigenvalue weighted by Crippen LogP contribution is -2.31. The molecule has 1 aliphatic rings. The molecule has 1 unspecified atom stereocenters. The first-order valence-corrected chi connectivity index (χ1v) is 11.8. The van der Waals surface area contributed by atoms with Crippen molar-refractivity contribution in [2.75, 3.05) is 7.11 Å². The third-order valence-corrected chi connectivity index (χ3v) is 7.16. The summed E-state index contributed by atoms with van der Waals surface area (Å²) in [4.78, 5) is 8.97. The molecule has 6 rings (SSSR count). The highest BCUT2D eigenvalue weighted by atomic mass is 16.5. The Morgan fingerprint density at radius 3 is 2.64 bits per heavy atom. The maximum atomic E-state index is 12.5. The second-order valence-corrected chi connectivity index (χ2v) is 9.23. The average Bonchev–Trinajstić information content (AvgIpc) is 3.36. The standard InChI is InChI=1S/C30H24N4O2/c1-34-18-32-17-28(34)30(35)23-9-8-22(16-31)20(13-23)7-6-19-4-3-5-21(12-19)25-15-29(36-2)33-27-11-10-24(30)14-26(25)27/h3-5,8-15,17-18,35H,6-7H2,1-2H3. The van der Waals surface area contributed by atoms with Crippen molar-refractivity contribution in [3.8, 4) is 23.1 Å². The van der Waals surface area contributed by atoms with Gasteiger partial charge in [-0.25, -0.2) is 9.97 Å². The van der Waals surface area contributed by atoms with Crippen molar-refractivity contribution in [3.63, 3.8) is 0 Å². The van der Waals surface area contributed by atoms with E-state index >= 15 is 0 Å². The van der Waals surface area contributed by atoms with Gasteiger partial charge < -0.3 is 14.4 Å². The van der Waals surface area contributed by atoms with Gasteiger partial charge in [-0.2, -0.15) is 5.26 Å². The molecule has 1 aliphatic carbocycles. The van der Waals surface area contributed by atoms with Gasteiger partial charge in [0.15, 0.2) is 5.60 Å². The average molecular weight is 473 g/mol.